The summed E-state index contributed by atoms with van der Waals surface area (Å²) in [4.78, 5) is 1.71. The maximum Gasteiger partial charge on any atom is 0.123 e. The highest BCUT2D eigenvalue weighted by Crippen LogP contribution is 2.25. The lowest BCUT2D eigenvalue weighted by molar-refractivity contribution is 0.621. The second-order valence-corrected chi connectivity index (χ2v) is 4.84. The van der Waals surface area contributed by atoms with E-state index in [0.717, 1.165) is 12.1 Å². The predicted molar refractivity (Wildman–Crippen MR) is 75.8 cm³/mol. The van der Waals surface area contributed by atoms with Crippen molar-refractivity contribution in [1.29, 1.82) is 5.41 Å². The Morgan fingerprint density at radius 3 is 2.78 bits per heavy atom. The van der Waals surface area contributed by atoms with E-state index in [-0.39, 0.29) is 0 Å². The van der Waals surface area contributed by atoms with Crippen molar-refractivity contribution in [3.05, 3.63) is 41.2 Å². The third-order valence-electron chi connectivity index (χ3n) is 3.16. The highest BCUT2D eigenvalue weighted by Gasteiger charge is 2.10. The molecule has 4 nitrogen and oxygen atoms in total. The van der Waals surface area contributed by atoms with Gasteiger partial charge in [-0.3, -0.25) is 5.41 Å². The number of aryl methyl sites for hydroxylation is 2. The Bertz CT molecular complexity index is 489. The topological polar surface area (TPSA) is 65.1 Å². The van der Waals surface area contributed by atoms with Crippen LogP contribution >= 0.6 is 0 Å². The number of rotatable bonds is 3. The maximum atomic E-state index is 7.69. The zero-order chi connectivity index (χ0) is 13.1. The first-order chi connectivity index (χ1) is 8.56. The third kappa shape index (κ3) is 2.83. The molecule has 1 aliphatic rings. The number of likely N-dealkylation sites (N-methyl/N-ethyl adjacent to an activating group) is 1. The largest absolute Gasteiger partial charge is 0.385 e. The van der Waals surface area contributed by atoms with Gasteiger partial charge in [-0.1, -0.05) is 6.07 Å². The average molecular weight is 244 g/mol. The number of fused-ring (bicyclic) bond motifs is 1. The van der Waals surface area contributed by atoms with Gasteiger partial charge in [-0.15, -0.1) is 0 Å². The first-order valence-corrected chi connectivity index (χ1v) is 6.18. The van der Waals surface area contributed by atoms with Gasteiger partial charge in [-0.2, -0.15) is 0 Å². The number of amidine groups is 1. The fourth-order valence-corrected chi connectivity index (χ4v) is 2.13. The summed E-state index contributed by atoms with van der Waals surface area (Å²) in [5.74, 6) is 0.868. The second-order valence-electron chi connectivity index (χ2n) is 4.84. The van der Waals surface area contributed by atoms with Crippen molar-refractivity contribution in [3.8, 4) is 0 Å². The van der Waals surface area contributed by atoms with Gasteiger partial charge in [0.15, 0.2) is 0 Å². The second kappa shape index (κ2) is 5.12. The fourth-order valence-electron chi connectivity index (χ4n) is 2.13. The highest BCUT2D eigenvalue weighted by molar-refractivity contribution is 5.90. The van der Waals surface area contributed by atoms with E-state index < -0.39 is 0 Å². The van der Waals surface area contributed by atoms with Gasteiger partial charge in [-0.05, 0) is 42.5 Å². The van der Waals surface area contributed by atoms with Crippen molar-refractivity contribution in [1.82, 2.24) is 4.90 Å². The summed E-state index contributed by atoms with van der Waals surface area (Å²) >= 11 is 0. The van der Waals surface area contributed by atoms with Crippen LogP contribution < -0.4 is 11.1 Å². The Labute approximate surface area is 108 Å². The molecule has 0 saturated carbocycles. The zero-order valence-electron chi connectivity index (χ0n) is 11.0. The van der Waals surface area contributed by atoms with E-state index in [0.29, 0.717) is 11.7 Å². The maximum absolute atomic E-state index is 7.69. The van der Waals surface area contributed by atoms with Crippen molar-refractivity contribution in [2.75, 3.05) is 19.4 Å². The molecule has 0 bridgehead atoms. The van der Waals surface area contributed by atoms with Gasteiger partial charge in [0, 0.05) is 25.9 Å². The Hall–Kier alpha value is -1.97. The first kappa shape index (κ1) is 12.5. The van der Waals surface area contributed by atoms with E-state index in [4.69, 9.17) is 11.1 Å². The Morgan fingerprint density at radius 1 is 1.33 bits per heavy atom. The standard InChI is InChI=1S/C14H20N4/c1-18(2)14(16)9-13(15)17-12-7-6-10-4-3-5-11(10)8-12/h6-9,16-17H,3-5,15H2,1-2H3/b13-9+,16-14?. The van der Waals surface area contributed by atoms with Crippen LogP contribution in [-0.2, 0) is 12.8 Å². The minimum atomic E-state index is 0.376. The number of anilines is 1. The molecule has 0 radical (unpaired) electrons. The van der Waals surface area contributed by atoms with Crippen LogP contribution in [0.15, 0.2) is 30.1 Å². The van der Waals surface area contributed by atoms with Crippen LogP contribution in [-0.4, -0.2) is 24.8 Å². The Balaban J connectivity index is 2.08. The lowest BCUT2D eigenvalue weighted by Crippen LogP contribution is -2.21. The van der Waals surface area contributed by atoms with Gasteiger partial charge in [0.2, 0.25) is 0 Å². The predicted octanol–water partition coefficient (Wildman–Crippen LogP) is 1.93. The highest BCUT2D eigenvalue weighted by atomic mass is 15.1. The lowest BCUT2D eigenvalue weighted by atomic mass is 10.1. The van der Waals surface area contributed by atoms with E-state index in [9.17, 15) is 0 Å². The number of nitrogens with one attached hydrogen (secondary N) is 2. The average Bonchev–Trinajstić information content (AvgIpc) is 2.75. The SMILES string of the molecule is CN(C)C(=N)/C=C(\N)Nc1ccc2c(c1)CCC2. The molecule has 0 aromatic heterocycles. The summed E-state index contributed by atoms with van der Waals surface area (Å²) in [6.07, 6.45) is 5.21. The van der Waals surface area contributed by atoms with Crippen molar-refractivity contribution in [2.24, 2.45) is 5.73 Å². The smallest absolute Gasteiger partial charge is 0.123 e. The van der Waals surface area contributed by atoms with E-state index in [1.807, 2.05) is 20.2 Å². The molecule has 4 N–H and O–H groups in total. The van der Waals surface area contributed by atoms with E-state index in [2.05, 4.69) is 17.4 Å². The molecule has 0 spiro atoms. The summed E-state index contributed by atoms with van der Waals surface area (Å²) in [6, 6.07) is 6.36. The van der Waals surface area contributed by atoms with Crippen molar-refractivity contribution in [3.63, 3.8) is 0 Å². The molecular weight excluding hydrogens is 224 g/mol. The molecule has 0 amide bonds. The molecule has 4 heteroatoms. The van der Waals surface area contributed by atoms with E-state index >= 15 is 0 Å². The van der Waals surface area contributed by atoms with E-state index in [1.54, 1.807) is 11.0 Å². The molecule has 0 heterocycles. The zero-order valence-corrected chi connectivity index (χ0v) is 11.0. The van der Waals surface area contributed by atoms with Crippen LogP contribution in [0.25, 0.3) is 0 Å². The molecule has 1 aliphatic carbocycles. The Kier molecular flexibility index (Phi) is 3.55. The third-order valence-corrected chi connectivity index (χ3v) is 3.16. The molecule has 96 valence electrons. The number of hydrogen-bond donors (Lipinski definition) is 3. The number of nitrogens with two attached hydrogens (primary N) is 1. The van der Waals surface area contributed by atoms with Gasteiger partial charge in [0.25, 0.3) is 0 Å². The number of nitrogens with zero attached hydrogens (tertiary/aromatic N) is 1. The molecule has 0 aliphatic heterocycles. The first-order valence-electron chi connectivity index (χ1n) is 6.18. The molecule has 0 unspecified atom stereocenters. The van der Waals surface area contributed by atoms with E-state index in [1.165, 1.54) is 24.0 Å². The quantitative estimate of drug-likeness (QED) is 0.562. The summed E-state index contributed by atoms with van der Waals surface area (Å²) < 4.78 is 0. The molecule has 1 aromatic carbocycles. The van der Waals surface area contributed by atoms with Crippen LogP contribution in [0.3, 0.4) is 0 Å². The molecule has 0 fully saturated rings. The Morgan fingerprint density at radius 2 is 2.06 bits per heavy atom. The molecular formula is C14H20N4. The van der Waals surface area contributed by atoms with Crippen LogP contribution in [0, 0.1) is 5.41 Å². The minimum Gasteiger partial charge on any atom is -0.385 e. The summed E-state index contributed by atoms with van der Waals surface area (Å²) in [7, 11) is 3.64. The molecule has 0 saturated heterocycles. The fraction of sp³-hybridized carbons (Fsp3) is 0.357. The van der Waals surface area contributed by atoms with Gasteiger partial charge < -0.3 is 16.0 Å². The van der Waals surface area contributed by atoms with Crippen LogP contribution in [0.4, 0.5) is 5.69 Å². The monoisotopic (exact) mass is 244 g/mol. The summed E-state index contributed by atoms with van der Waals surface area (Å²) in [5.41, 5.74) is 9.73. The van der Waals surface area contributed by atoms with Gasteiger partial charge in [0.1, 0.15) is 11.7 Å². The minimum absolute atomic E-state index is 0.376. The van der Waals surface area contributed by atoms with Gasteiger partial charge >= 0.3 is 0 Å². The summed E-state index contributed by atoms with van der Waals surface area (Å²) in [6.45, 7) is 0. The number of hydrogen-bond acceptors (Lipinski definition) is 3. The molecule has 18 heavy (non-hydrogen) atoms. The van der Waals surface area contributed by atoms with Crippen molar-refractivity contribution < 1.29 is 0 Å². The number of benzene rings is 1. The molecule has 1 aromatic rings. The van der Waals surface area contributed by atoms with Crippen LogP contribution in [0.5, 0.6) is 0 Å². The molecule has 0 atom stereocenters. The normalized spacial score (nSPS) is 14.2. The summed E-state index contributed by atoms with van der Waals surface area (Å²) in [5, 5.41) is 10.8. The van der Waals surface area contributed by atoms with Crippen molar-refractivity contribution in [2.45, 2.75) is 19.3 Å². The van der Waals surface area contributed by atoms with Crippen molar-refractivity contribution >= 4 is 11.5 Å². The lowest BCUT2D eigenvalue weighted by Gasteiger charge is -2.12. The van der Waals surface area contributed by atoms with Gasteiger partial charge in [-0.25, -0.2) is 0 Å². The van der Waals surface area contributed by atoms with Crippen LogP contribution in [0.2, 0.25) is 0 Å². The van der Waals surface area contributed by atoms with Crippen LogP contribution in [0.1, 0.15) is 17.5 Å². The molecule has 2 rings (SSSR count). The van der Waals surface area contributed by atoms with Gasteiger partial charge in [0.05, 0.1) is 0 Å².